The van der Waals surface area contributed by atoms with Crippen LogP contribution in [0, 0.1) is 13.8 Å². The second-order valence-electron chi connectivity index (χ2n) is 6.36. The van der Waals surface area contributed by atoms with Crippen LogP contribution in [0.25, 0.3) is 10.9 Å². The number of nitrogens with zero attached hydrogens (tertiary/aromatic N) is 1. The summed E-state index contributed by atoms with van der Waals surface area (Å²) in [6.45, 7) is 4.57. The summed E-state index contributed by atoms with van der Waals surface area (Å²) >= 11 is 6.21. The number of halogens is 1. The maximum Gasteiger partial charge on any atom is 0.254 e. The van der Waals surface area contributed by atoms with Gasteiger partial charge in [-0.1, -0.05) is 41.4 Å². The fraction of sp³-hybridized carbons (Fsp3) is 0.190. The van der Waals surface area contributed by atoms with Crippen molar-refractivity contribution in [3.8, 4) is 0 Å². The van der Waals surface area contributed by atoms with Crippen molar-refractivity contribution in [1.29, 1.82) is 0 Å². The van der Waals surface area contributed by atoms with Gasteiger partial charge in [-0.2, -0.15) is 0 Å². The van der Waals surface area contributed by atoms with E-state index in [9.17, 15) is 9.59 Å². The molecule has 27 heavy (non-hydrogen) atoms. The highest BCUT2D eigenvalue weighted by molar-refractivity contribution is 6.33. The number of carbonyl (C=O) groups excluding carboxylic acids is 2. The molecule has 0 saturated carbocycles. The van der Waals surface area contributed by atoms with E-state index in [1.54, 1.807) is 30.3 Å². The summed E-state index contributed by atoms with van der Waals surface area (Å²) in [5.74, 6) is -0.497. The van der Waals surface area contributed by atoms with Gasteiger partial charge in [-0.05, 0) is 43.7 Å². The molecule has 0 unspecified atom stereocenters. The summed E-state index contributed by atoms with van der Waals surface area (Å²) in [6, 6.07) is 14.7. The van der Waals surface area contributed by atoms with E-state index < -0.39 is 0 Å². The predicted octanol–water partition coefficient (Wildman–Crippen LogP) is 3.66. The summed E-state index contributed by atoms with van der Waals surface area (Å²) in [7, 11) is 0. The molecule has 0 spiro atoms. The highest BCUT2D eigenvalue weighted by Crippen LogP contribution is 2.24. The van der Waals surface area contributed by atoms with Crippen LogP contribution in [-0.4, -0.2) is 29.9 Å². The maximum atomic E-state index is 12.4. The number of nitrogens with one attached hydrogen (secondary N) is 2. The van der Waals surface area contributed by atoms with Crippen molar-refractivity contribution >= 4 is 34.3 Å². The van der Waals surface area contributed by atoms with Gasteiger partial charge < -0.3 is 10.6 Å². The zero-order valence-corrected chi connectivity index (χ0v) is 15.9. The van der Waals surface area contributed by atoms with E-state index in [-0.39, 0.29) is 17.0 Å². The number of hydrogen-bond acceptors (Lipinski definition) is 3. The lowest BCUT2D eigenvalue weighted by atomic mass is 10.1. The van der Waals surface area contributed by atoms with Gasteiger partial charge in [-0.3, -0.25) is 9.59 Å². The quantitative estimate of drug-likeness (QED) is 0.523. The largest absolute Gasteiger partial charge is 0.350 e. The summed E-state index contributed by atoms with van der Waals surface area (Å²) in [6.07, 6.45) is 0. The minimum atomic E-state index is -0.317. The van der Waals surface area contributed by atoms with Crippen molar-refractivity contribution in [3.63, 3.8) is 0 Å². The number of fused-ring (bicyclic) bond motifs is 1. The molecule has 6 heteroatoms. The van der Waals surface area contributed by atoms with Crippen molar-refractivity contribution in [1.82, 2.24) is 15.6 Å². The number of amides is 2. The molecule has 0 radical (unpaired) electrons. The van der Waals surface area contributed by atoms with Crippen LogP contribution in [0.15, 0.2) is 48.5 Å². The standard InChI is InChI=1S/C21H20ClN3O2/c1-13-10-14(2)18-16(11-13)12-17(19(22)25-18)21(27)24-9-8-23-20(26)15-6-4-3-5-7-15/h3-7,10-12H,8-9H2,1-2H3,(H,23,26)(H,24,27). The van der Waals surface area contributed by atoms with Crippen LogP contribution in [0.1, 0.15) is 31.8 Å². The number of aryl methyl sites for hydroxylation is 2. The molecule has 1 heterocycles. The van der Waals surface area contributed by atoms with Crippen molar-refractivity contribution in [3.05, 3.63) is 75.9 Å². The van der Waals surface area contributed by atoms with Crippen LogP contribution in [0.4, 0.5) is 0 Å². The molecule has 2 N–H and O–H groups in total. The molecule has 138 valence electrons. The minimum Gasteiger partial charge on any atom is -0.350 e. The Morgan fingerprint density at radius 2 is 1.63 bits per heavy atom. The number of pyridine rings is 1. The second kappa shape index (κ2) is 8.18. The Morgan fingerprint density at radius 1 is 0.963 bits per heavy atom. The van der Waals surface area contributed by atoms with Crippen LogP contribution < -0.4 is 10.6 Å². The summed E-state index contributed by atoms with van der Waals surface area (Å²) in [4.78, 5) is 28.8. The molecular weight excluding hydrogens is 362 g/mol. The minimum absolute atomic E-state index is 0.167. The van der Waals surface area contributed by atoms with Crippen molar-refractivity contribution in [2.24, 2.45) is 0 Å². The molecule has 0 aliphatic heterocycles. The van der Waals surface area contributed by atoms with E-state index in [4.69, 9.17) is 11.6 Å². The van der Waals surface area contributed by atoms with Gasteiger partial charge in [0.25, 0.3) is 11.8 Å². The number of rotatable bonds is 5. The van der Waals surface area contributed by atoms with Crippen molar-refractivity contribution < 1.29 is 9.59 Å². The summed E-state index contributed by atoms with van der Waals surface area (Å²) in [5.41, 5.74) is 3.80. The molecule has 0 aliphatic carbocycles. The third-order valence-corrected chi connectivity index (χ3v) is 4.47. The molecule has 5 nitrogen and oxygen atoms in total. The molecule has 0 aliphatic rings. The zero-order chi connectivity index (χ0) is 19.4. The van der Waals surface area contributed by atoms with Gasteiger partial charge in [0.05, 0.1) is 11.1 Å². The Balaban J connectivity index is 1.63. The Morgan fingerprint density at radius 3 is 2.33 bits per heavy atom. The lowest BCUT2D eigenvalue weighted by Gasteiger charge is -2.10. The number of carbonyl (C=O) groups is 2. The lowest BCUT2D eigenvalue weighted by Crippen LogP contribution is -2.34. The maximum absolute atomic E-state index is 12.4. The van der Waals surface area contributed by atoms with Gasteiger partial charge in [-0.25, -0.2) is 4.98 Å². The van der Waals surface area contributed by atoms with E-state index in [0.717, 1.165) is 22.0 Å². The van der Waals surface area contributed by atoms with Gasteiger partial charge in [0, 0.05) is 24.0 Å². The first-order valence-corrected chi connectivity index (χ1v) is 9.02. The normalized spacial score (nSPS) is 10.6. The molecule has 3 aromatic rings. The average molecular weight is 382 g/mol. The van der Waals surface area contributed by atoms with E-state index >= 15 is 0 Å². The zero-order valence-electron chi connectivity index (χ0n) is 15.2. The van der Waals surface area contributed by atoms with Gasteiger partial charge >= 0.3 is 0 Å². The highest BCUT2D eigenvalue weighted by atomic mass is 35.5. The van der Waals surface area contributed by atoms with Crippen molar-refractivity contribution in [2.45, 2.75) is 13.8 Å². The lowest BCUT2D eigenvalue weighted by molar-refractivity contribution is 0.0927. The van der Waals surface area contributed by atoms with Crippen LogP contribution in [0.5, 0.6) is 0 Å². The number of hydrogen-bond donors (Lipinski definition) is 2. The molecule has 0 saturated heterocycles. The van der Waals surface area contributed by atoms with E-state index in [1.807, 2.05) is 32.0 Å². The third kappa shape index (κ3) is 4.44. The van der Waals surface area contributed by atoms with Crippen LogP contribution in [0.3, 0.4) is 0 Å². The Kier molecular flexibility index (Phi) is 5.72. The number of benzene rings is 2. The summed E-state index contributed by atoms with van der Waals surface area (Å²) in [5, 5.41) is 6.57. The highest BCUT2D eigenvalue weighted by Gasteiger charge is 2.14. The molecule has 2 aromatic carbocycles. The smallest absolute Gasteiger partial charge is 0.254 e. The van der Waals surface area contributed by atoms with Crippen LogP contribution >= 0.6 is 11.6 Å². The number of aromatic nitrogens is 1. The molecule has 0 fully saturated rings. The fourth-order valence-corrected chi connectivity index (χ4v) is 3.15. The third-order valence-electron chi connectivity index (χ3n) is 4.18. The summed E-state index contributed by atoms with van der Waals surface area (Å²) < 4.78 is 0. The molecule has 0 atom stereocenters. The molecule has 2 amide bonds. The van der Waals surface area contributed by atoms with Gasteiger partial charge in [0.1, 0.15) is 5.15 Å². The van der Waals surface area contributed by atoms with Gasteiger partial charge in [-0.15, -0.1) is 0 Å². The van der Waals surface area contributed by atoms with E-state index in [0.29, 0.717) is 24.2 Å². The van der Waals surface area contributed by atoms with Gasteiger partial charge in [0.2, 0.25) is 0 Å². The van der Waals surface area contributed by atoms with E-state index in [2.05, 4.69) is 15.6 Å². The molecule has 3 rings (SSSR count). The van der Waals surface area contributed by atoms with Gasteiger partial charge in [0.15, 0.2) is 0 Å². The second-order valence-corrected chi connectivity index (χ2v) is 6.72. The molecular formula is C21H20ClN3O2. The predicted molar refractivity (Wildman–Crippen MR) is 107 cm³/mol. The first-order valence-electron chi connectivity index (χ1n) is 8.64. The molecule has 1 aromatic heterocycles. The van der Waals surface area contributed by atoms with Crippen molar-refractivity contribution in [2.75, 3.05) is 13.1 Å². The Bertz CT molecular complexity index is 1000. The first-order chi connectivity index (χ1) is 13.0. The topological polar surface area (TPSA) is 71.1 Å². The van der Waals surface area contributed by atoms with Crippen LogP contribution in [-0.2, 0) is 0 Å². The fourth-order valence-electron chi connectivity index (χ4n) is 2.93. The monoisotopic (exact) mass is 381 g/mol. The average Bonchev–Trinajstić information content (AvgIpc) is 2.65. The molecule has 0 bridgehead atoms. The Hall–Kier alpha value is -2.92. The SMILES string of the molecule is Cc1cc(C)c2nc(Cl)c(C(=O)NCCNC(=O)c3ccccc3)cc2c1. The van der Waals surface area contributed by atoms with E-state index in [1.165, 1.54) is 0 Å². The Labute approximate surface area is 162 Å². The van der Waals surface area contributed by atoms with Crippen LogP contribution in [0.2, 0.25) is 5.15 Å². The first kappa shape index (κ1) is 18.9.